The van der Waals surface area contributed by atoms with Crippen LogP contribution in [0.4, 0.5) is 0 Å². The van der Waals surface area contributed by atoms with Crippen molar-refractivity contribution in [2.24, 2.45) is 0 Å². The third kappa shape index (κ3) is 35.0. The van der Waals surface area contributed by atoms with Crippen molar-refractivity contribution in [3.05, 3.63) is 48.6 Å². The minimum atomic E-state index is -5.06. The molecule has 1 heterocycles. The number of allylic oxidation sites excluding steroid dienone is 8. The first kappa shape index (κ1) is 59.1. The van der Waals surface area contributed by atoms with Gasteiger partial charge in [-0.1, -0.05) is 191 Å². The fourth-order valence-corrected chi connectivity index (χ4v) is 8.00. The normalized spacial score (nSPS) is 20.3. The molecule has 6 atom stereocenters. The smallest absolute Gasteiger partial charge is 0.397 e. The summed E-state index contributed by atoms with van der Waals surface area (Å²) in [4.78, 5) is 12.9. The van der Waals surface area contributed by atoms with Crippen LogP contribution in [0, 0.1) is 0 Å². The van der Waals surface area contributed by atoms with E-state index in [-0.39, 0.29) is 19.6 Å². The molecule has 12 nitrogen and oxygen atoms in total. The van der Waals surface area contributed by atoms with Crippen LogP contribution >= 0.6 is 0 Å². The number of unbranched alkanes of at least 4 members (excludes halogenated alkanes) is 22. The molecule has 63 heavy (non-hydrogen) atoms. The van der Waals surface area contributed by atoms with Gasteiger partial charge >= 0.3 is 16.4 Å². The van der Waals surface area contributed by atoms with E-state index in [0.29, 0.717) is 13.0 Å². The van der Waals surface area contributed by atoms with Crippen molar-refractivity contribution in [2.45, 2.75) is 237 Å². The Kier molecular flexibility index (Phi) is 38.9. The molecule has 6 unspecified atom stereocenters. The van der Waals surface area contributed by atoms with E-state index < -0.39 is 59.8 Å². The van der Waals surface area contributed by atoms with Gasteiger partial charge in [-0.3, -0.25) is 9.35 Å². The molecule has 0 bridgehead atoms. The van der Waals surface area contributed by atoms with Crippen molar-refractivity contribution >= 4 is 16.4 Å². The van der Waals surface area contributed by atoms with Crippen LogP contribution in [0.5, 0.6) is 0 Å². The van der Waals surface area contributed by atoms with Gasteiger partial charge in [0.15, 0.2) is 6.29 Å². The van der Waals surface area contributed by atoms with E-state index in [1.807, 2.05) is 0 Å². The third-order valence-corrected chi connectivity index (χ3v) is 11.7. The molecule has 0 amide bonds. The summed E-state index contributed by atoms with van der Waals surface area (Å²) in [5.74, 6) is -0.403. The number of hydrogen-bond acceptors (Lipinski definition) is 11. The average molecular weight is 915 g/mol. The number of carbonyl (C=O) groups is 1. The molecule has 0 aromatic carbocycles. The fourth-order valence-electron chi connectivity index (χ4n) is 7.49. The topological polar surface area (TPSA) is 178 Å². The SMILES string of the molecule is CC/C=C\C/C=C\C/C=C\C/C=C\CCCCCCCCCCCCC(=O)OC(COCCCCCCCCCCCCCCC)COC1OC(CO)C(O)C(OS(=O)(=O)O)C1O. The van der Waals surface area contributed by atoms with Gasteiger partial charge in [-0.25, -0.2) is 4.18 Å². The number of aliphatic hydroxyl groups is 3. The van der Waals surface area contributed by atoms with Crippen LogP contribution in [-0.2, 0) is 38.3 Å². The largest absolute Gasteiger partial charge is 0.457 e. The van der Waals surface area contributed by atoms with Crippen LogP contribution in [0.15, 0.2) is 48.6 Å². The zero-order valence-corrected chi connectivity index (χ0v) is 40.2. The summed E-state index contributed by atoms with van der Waals surface area (Å²) < 4.78 is 59.2. The maximum atomic E-state index is 12.9. The minimum absolute atomic E-state index is 0.0360. The lowest BCUT2D eigenvalue weighted by atomic mass is 9.99. The Morgan fingerprint density at radius 3 is 1.60 bits per heavy atom. The molecule has 0 saturated carbocycles. The molecule has 0 aliphatic carbocycles. The zero-order valence-electron chi connectivity index (χ0n) is 39.4. The number of carbonyl (C=O) groups excluding carboxylic acids is 1. The first-order valence-corrected chi connectivity index (χ1v) is 26.3. The third-order valence-electron chi connectivity index (χ3n) is 11.2. The molecule has 1 aliphatic heterocycles. The van der Waals surface area contributed by atoms with E-state index >= 15 is 0 Å². The Labute approximate surface area is 383 Å². The molecule has 0 aromatic rings. The maximum absolute atomic E-state index is 12.9. The van der Waals surface area contributed by atoms with Gasteiger partial charge in [0.05, 0.1) is 19.8 Å². The van der Waals surface area contributed by atoms with Gasteiger partial charge in [0.25, 0.3) is 0 Å². The number of esters is 1. The van der Waals surface area contributed by atoms with Crippen LogP contribution in [0.3, 0.4) is 0 Å². The standard InChI is InChI=1S/C50H90O12S/c1-3-5-7-9-11-13-15-17-18-19-20-21-22-23-24-25-26-27-29-31-33-35-37-39-46(52)60-44(42-58-40-38-36-34-32-30-28-16-14-12-10-8-6-4-2)43-59-50-48(54)49(62-63(55,56)57)47(53)45(41-51)61-50/h5,7,11,13,17-18,20-21,44-45,47-51,53-54H,3-4,6,8-10,12,14-16,19,22-43H2,1-2H3,(H,55,56,57)/b7-5-,13-11-,18-17-,21-20-. The summed E-state index contributed by atoms with van der Waals surface area (Å²) in [5.41, 5.74) is 0. The number of rotatable bonds is 43. The molecule has 0 spiro atoms. The highest BCUT2D eigenvalue weighted by atomic mass is 32.3. The number of aliphatic hydroxyl groups excluding tert-OH is 3. The Balaban J connectivity index is 2.35. The van der Waals surface area contributed by atoms with Gasteiger partial charge in [-0.15, -0.1) is 0 Å². The molecule has 1 fully saturated rings. The summed E-state index contributed by atoms with van der Waals surface area (Å²) in [6, 6.07) is 0. The van der Waals surface area contributed by atoms with Crippen molar-refractivity contribution in [2.75, 3.05) is 26.4 Å². The lowest BCUT2D eigenvalue weighted by Crippen LogP contribution is -2.60. The monoisotopic (exact) mass is 915 g/mol. The van der Waals surface area contributed by atoms with Gasteiger partial charge in [0.2, 0.25) is 0 Å². The fraction of sp³-hybridized carbons (Fsp3) is 0.820. The van der Waals surface area contributed by atoms with Crippen molar-refractivity contribution in [3.63, 3.8) is 0 Å². The molecule has 1 saturated heterocycles. The highest BCUT2D eigenvalue weighted by Gasteiger charge is 2.48. The Morgan fingerprint density at radius 2 is 1.10 bits per heavy atom. The van der Waals surface area contributed by atoms with Gasteiger partial charge in [0, 0.05) is 13.0 Å². The lowest BCUT2D eigenvalue weighted by molar-refractivity contribution is -0.301. The minimum Gasteiger partial charge on any atom is -0.457 e. The van der Waals surface area contributed by atoms with Crippen molar-refractivity contribution in [1.82, 2.24) is 0 Å². The molecule has 4 N–H and O–H groups in total. The first-order valence-electron chi connectivity index (χ1n) is 24.9. The first-order chi connectivity index (χ1) is 30.6. The van der Waals surface area contributed by atoms with E-state index in [4.69, 9.17) is 18.9 Å². The predicted molar refractivity (Wildman–Crippen MR) is 253 cm³/mol. The van der Waals surface area contributed by atoms with E-state index in [1.54, 1.807) is 0 Å². The highest BCUT2D eigenvalue weighted by Crippen LogP contribution is 2.26. The van der Waals surface area contributed by atoms with Crippen molar-refractivity contribution < 1.29 is 56.2 Å². The molecule has 13 heteroatoms. The molecular formula is C50H90O12S. The average Bonchev–Trinajstić information content (AvgIpc) is 3.26. The molecule has 368 valence electrons. The molecule has 1 aliphatic rings. The van der Waals surface area contributed by atoms with Gasteiger partial charge in [-0.2, -0.15) is 8.42 Å². The van der Waals surface area contributed by atoms with E-state index in [2.05, 4.69) is 66.6 Å². The lowest BCUT2D eigenvalue weighted by Gasteiger charge is -2.41. The summed E-state index contributed by atoms with van der Waals surface area (Å²) in [5, 5.41) is 30.7. The maximum Gasteiger partial charge on any atom is 0.397 e. The Bertz CT molecular complexity index is 1290. The van der Waals surface area contributed by atoms with Crippen LogP contribution in [0.2, 0.25) is 0 Å². The summed E-state index contributed by atoms with van der Waals surface area (Å²) in [7, 11) is -5.06. The quantitative estimate of drug-likeness (QED) is 0.0197. The van der Waals surface area contributed by atoms with E-state index in [9.17, 15) is 33.1 Å². The van der Waals surface area contributed by atoms with E-state index in [1.165, 1.54) is 103 Å². The summed E-state index contributed by atoms with van der Waals surface area (Å²) >= 11 is 0. The second kappa shape index (κ2) is 41.5. The van der Waals surface area contributed by atoms with Crippen LogP contribution < -0.4 is 0 Å². The molecule has 1 rings (SSSR count). The second-order valence-electron chi connectivity index (χ2n) is 17.0. The van der Waals surface area contributed by atoms with Crippen molar-refractivity contribution in [3.8, 4) is 0 Å². The molecule has 0 aromatic heterocycles. The number of ether oxygens (including phenoxy) is 4. The molecule has 0 radical (unpaired) electrons. The van der Waals surface area contributed by atoms with Crippen LogP contribution in [0.1, 0.15) is 200 Å². The highest BCUT2D eigenvalue weighted by molar-refractivity contribution is 7.80. The van der Waals surface area contributed by atoms with E-state index in [0.717, 1.165) is 70.6 Å². The summed E-state index contributed by atoms with van der Waals surface area (Å²) in [6.07, 6.45) is 41.4. The van der Waals surface area contributed by atoms with Gasteiger partial charge in [0.1, 0.15) is 30.5 Å². The zero-order chi connectivity index (χ0) is 46.1. The molecular weight excluding hydrogens is 825 g/mol. The summed E-state index contributed by atoms with van der Waals surface area (Å²) in [6.45, 7) is 3.89. The second-order valence-corrected chi connectivity index (χ2v) is 18.1. The predicted octanol–water partition coefficient (Wildman–Crippen LogP) is 11.1. The number of hydrogen-bond donors (Lipinski definition) is 4. The van der Waals surface area contributed by atoms with Crippen molar-refractivity contribution in [1.29, 1.82) is 0 Å². The van der Waals surface area contributed by atoms with Crippen LogP contribution in [0.25, 0.3) is 0 Å². The van der Waals surface area contributed by atoms with Crippen LogP contribution in [-0.4, -0.2) is 97.5 Å². The Morgan fingerprint density at radius 1 is 0.619 bits per heavy atom. The van der Waals surface area contributed by atoms with Gasteiger partial charge in [-0.05, 0) is 51.4 Å². The Hall–Kier alpha value is -1.94. The van der Waals surface area contributed by atoms with Gasteiger partial charge < -0.3 is 34.3 Å².